The SMILES string of the molecule is CCCCCCCCCCCCCCC(CCO)C(=O)NCCNC(=O)C(CCO)CCCCCCCCCCCCCC. The molecular weight excluding hydrogens is 548 g/mol. The van der Waals surface area contributed by atoms with Crippen LogP contribution in [0, 0.1) is 11.8 Å². The first kappa shape index (κ1) is 42.9. The third-order valence-corrected chi connectivity index (χ3v) is 9.23. The topological polar surface area (TPSA) is 98.7 Å². The summed E-state index contributed by atoms with van der Waals surface area (Å²) in [5.41, 5.74) is 0. The maximum atomic E-state index is 12.7. The minimum absolute atomic E-state index is 0.0141. The number of nitrogens with one attached hydrogen (secondary N) is 2. The van der Waals surface area contributed by atoms with Gasteiger partial charge in [0.2, 0.25) is 11.8 Å². The summed E-state index contributed by atoms with van der Waals surface area (Å²) in [5, 5.41) is 24.9. The predicted molar refractivity (Wildman–Crippen MR) is 188 cm³/mol. The molecule has 0 saturated heterocycles. The molecule has 0 saturated carbocycles. The Balaban J connectivity index is 3.95. The molecule has 6 heteroatoms. The van der Waals surface area contributed by atoms with Crippen LogP contribution in [0.25, 0.3) is 0 Å². The highest BCUT2D eigenvalue weighted by molar-refractivity contribution is 5.79. The average Bonchev–Trinajstić information content (AvgIpc) is 3.02. The standard InChI is InChI=1S/C38H76N2O4/c1-3-5-7-9-11-13-15-17-19-21-23-25-27-35(29-33-41)37(43)39-31-32-40-38(44)36(30-34-42)28-26-24-22-20-18-16-14-12-10-8-6-4-2/h35-36,41-42H,3-34H2,1-2H3,(H,39,43)(H,40,44). The van der Waals surface area contributed by atoms with Crippen molar-refractivity contribution >= 4 is 11.8 Å². The van der Waals surface area contributed by atoms with E-state index in [1.807, 2.05) is 0 Å². The van der Waals surface area contributed by atoms with Crippen LogP contribution in [0.5, 0.6) is 0 Å². The lowest BCUT2D eigenvalue weighted by atomic mass is 9.96. The highest BCUT2D eigenvalue weighted by Crippen LogP contribution is 2.18. The summed E-state index contributed by atoms with van der Waals surface area (Å²) < 4.78 is 0. The van der Waals surface area contributed by atoms with Crippen LogP contribution < -0.4 is 10.6 Å². The number of aliphatic hydroxyl groups excluding tert-OH is 2. The number of rotatable bonds is 35. The molecule has 0 fully saturated rings. The molecule has 0 bridgehead atoms. The molecule has 2 unspecified atom stereocenters. The summed E-state index contributed by atoms with van der Waals surface area (Å²) >= 11 is 0. The Morgan fingerprint density at radius 2 is 0.659 bits per heavy atom. The minimum atomic E-state index is -0.160. The molecule has 0 aromatic carbocycles. The molecule has 6 nitrogen and oxygen atoms in total. The molecule has 0 aliphatic carbocycles. The van der Waals surface area contributed by atoms with Gasteiger partial charge in [-0.2, -0.15) is 0 Å². The maximum absolute atomic E-state index is 12.7. The number of aliphatic hydroxyl groups is 2. The third kappa shape index (κ3) is 28.3. The number of carbonyl (C=O) groups excluding carboxylic acids is 2. The van der Waals surface area contributed by atoms with E-state index in [0.29, 0.717) is 25.9 Å². The zero-order valence-corrected chi connectivity index (χ0v) is 29.5. The fraction of sp³-hybridized carbons (Fsp3) is 0.947. The first-order chi connectivity index (χ1) is 21.6. The summed E-state index contributed by atoms with van der Waals surface area (Å²) in [4.78, 5) is 25.4. The fourth-order valence-electron chi connectivity index (χ4n) is 6.25. The molecule has 0 spiro atoms. The van der Waals surface area contributed by atoms with E-state index >= 15 is 0 Å². The van der Waals surface area contributed by atoms with E-state index in [9.17, 15) is 19.8 Å². The van der Waals surface area contributed by atoms with Crippen molar-refractivity contribution in [2.75, 3.05) is 26.3 Å². The van der Waals surface area contributed by atoms with Gasteiger partial charge in [-0.3, -0.25) is 9.59 Å². The Morgan fingerprint density at radius 3 is 0.909 bits per heavy atom. The Bertz CT molecular complexity index is 564. The minimum Gasteiger partial charge on any atom is -0.396 e. The van der Waals surface area contributed by atoms with Gasteiger partial charge in [0.1, 0.15) is 0 Å². The zero-order valence-electron chi connectivity index (χ0n) is 29.5. The first-order valence-corrected chi connectivity index (χ1v) is 19.4. The Labute approximate surface area is 273 Å². The molecule has 262 valence electrons. The molecule has 0 aliphatic heterocycles. The van der Waals surface area contributed by atoms with Crippen molar-refractivity contribution in [2.45, 2.75) is 194 Å². The summed E-state index contributed by atoms with van der Waals surface area (Å²) in [6.07, 6.45) is 33.7. The molecule has 4 N–H and O–H groups in total. The van der Waals surface area contributed by atoms with Crippen LogP contribution in [0.15, 0.2) is 0 Å². The Hall–Kier alpha value is -1.14. The first-order valence-electron chi connectivity index (χ1n) is 19.4. The van der Waals surface area contributed by atoms with Crippen LogP contribution in [0.1, 0.15) is 194 Å². The highest BCUT2D eigenvalue weighted by atomic mass is 16.3. The number of unbranched alkanes of at least 4 members (excludes halogenated alkanes) is 22. The van der Waals surface area contributed by atoms with Gasteiger partial charge in [-0.05, 0) is 25.7 Å². The van der Waals surface area contributed by atoms with Crippen LogP contribution in [-0.4, -0.2) is 48.3 Å². The van der Waals surface area contributed by atoms with Gasteiger partial charge in [0.05, 0.1) is 0 Å². The van der Waals surface area contributed by atoms with E-state index in [1.165, 1.54) is 128 Å². The molecule has 0 rings (SSSR count). The number of amides is 2. The van der Waals surface area contributed by atoms with Gasteiger partial charge >= 0.3 is 0 Å². The van der Waals surface area contributed by atoms with Gasteiger partial charge in [0, 0.05) is 38.1 Å². The van der Waals surface area contributed by atoms with Crippen LogP contribution in [-0.2, 0) is 9.59 Å². The lowest BCUT2D eigenvalue weighted by molar-refractivity contribution is -0.127. The molecule has 0 heterocycles. The quantitative estimate of drug-likeness (QED) is 0.0528. The molecule has 44 heavy (non-hydrogen) atoms. The van der Waals surface area contributed by atoms with Crippen molar-refractivity contribution in [3.8, 4) is 0 Å². The second-order valence-electron chi connectivity index (χ2n) is 13.4. The van der Waals surface area contributed by atoms with Crippen molar-refractivity contribution < 1.29 is 19.8 Å². The van der Waals surface area contributed by atoms with E-state index < -0.39 is 0 Å². The van der Waals surface area contributed by atoms with E-state index in [-0.39, 0.29) is 36.9 Å². The second kappa shape index (κ2) is 34.7. The lowest BCUT2D eigenvalue weighted by Crippen LogP contribution is -2.39. The summed E-state index contributed by atoms with van der Waals surface area (Å²) in [5.74, 6) is -0.349. The number of hydrogen-bond donors (Lipinski definition) is 4. The third-order valence-electron chi connectivity index (χ3n) is 9.23. The van der Waals surface area contributed by atoms with E-state index in [1.54, 1.807) is 0 Å². The molecule has 0 aromatic heterocycles. The van der Waals surface area contributed by atoms with Gasteiger partial charge in [-0.25, -0.2) is 0 Å². The van der Waals surface area contributed by atoms with Crippen molar-refractivity contribution in [2.24, 2.45) is 11.8 Å². The van der Waals surface area contributed by atoms with Gasteiger partial charge in [0.15, 0.2) is 0 Å². The van der Waals surface area contributed by atoms with Crippen molar-refractivity contribution in [1.82, 2.24) is 10.6 Å². The molecular formula is C38H76N2O4. The smallest absolute Gasteiger partial charge is 0.223 e. The molecule has 0 aliphatic rings. The fourth-order valence-corrected chi connectivity index (χ4v) is 6.25. The summed E-state index contributed by atoms with van der Waals surface area (Å²) in [7, 11) is 0. The summed E-state index contributed by atoms with van der Waals surface area (Å²) in [6, 6.07) is 0. The van der Waals surface area contributed by atoms with Gasteiger partial charge < -0.3 is 20.8 Å². The van der Waals surface area contributed by atoms with E-state index in [0.717, 1.165) is 38.5 Å². The predicted octanol–water partition coefficient (Wildman–Crippen LogP) is 9.40. The lowest BCUT2D eigenvalue weighted by Gasteiger charge is -2.18. The normalized spacial score (nSPS) is 12.7. The molecule has 2 amide bonds. The van der Waals surface area contributed by atoms with E-state index in [4.69, 9.17) is 0 Å². The van der Waals surface area contributed by atoms with Gasteiger partial charge in [-0.1, -0.05) is 168 Å². The Kier molecular flexibility index (Phi) is 33.8. The zero-order chi connectivity index (χ0) is 32.4. The van der Waals surface area contributed by atoms with Crippen LogP contribution in [0.2, 0.25) is 0 Å². The Morgan fingerprint density at radius 1 is 0.409 bits per heavy atom. The van der Waals surface area contributed by atoms with Crippen molar-refractivity contribution in [3.05, 3.63) is 0 Å². The number of hydrogen-bond acceptors (Lipinski definition) is 4. The summed E-state index contributed by atoms with van der Waals surface area (Å²) in [6.45, 7) is 5.37. The van der Waals surface area contributed by atoms with Crippen LogP contribution in [0.3, 0.4) is 0 Å². The monoisotopic (exact) mass is 625 g/mol. The van der Waals surface area contributed by atoms with E-state index in [2.05, 4.69) is 24.5 Å². The number of carbonyl (C=O) groups is 2. The van der Waals surface area contributed by atoms with Gasteiger partial charge in [-0.15, -0.1) is 0 Å². The largest absolute Gasteiger partial charge is 0.396 e. The van der Waals surface area contributed by atoms with Gasteiger partial charge in [0.25, 0.3) is 0 Å². The second-order valence-corrected chi connectivity index (χ2v) is 13.4. The molecule has 2 atom stereocenters. The molecule has 0 radical (unpaired) electrons. The maximum Gasteiger partial charge on any atom is 0.223 e. The highest BCUT2D eigenvalue weighted by Gasteiger charge is 2.19. The van der Waals surface area contributed by atoms with Crippen molar-refractivity contribution in [3.63, 3.8) is 0 Å². The average molecular weight is 625 g/mol. The molecule has 0 aromatic rings. The van der Waals surface area contributed by atoms with Crippen LogP contribution >= 0.6 is 0 Å². The van der Waals surface area contributed by atoms with Crippen LogP contribution in [0.4, 0.5) is 0 Å². The van der Waals surface area contributed by atoms with Crippen molar-refractivity contribution in [1.29, 1.82) is 0 Å².